The number of carboxylic acids is 1. The number of hydrogen-bond acceptors (Lipinski definition) is 9. The van der Waals surface area contributed by atoms with Crippen LogP contribution in [-0.4, -0.2) is 59.5 Å². The Bertz CT molecular complexity index is 307. The third kappa shape index (κ3) is 9.47. The number of carboxylic acid groups (broad SMARTS) is 1. The Morgan fingerprint density at radius 3 is 2.11 bits per heavy atom. The molecule has 1 atom stereocenters. The van der Waals surface area contributed by atoms with Gasteiger partial charge in [-0.2, -0.15) is 0 Å². The van der Waals surface area contributed by atoms with Gasteiger partial charge in [-0.1, -0.05) is 0 Å². The van der Waals surface area contributed by atoms with Crippen molar-refractivity contribution in [3.05, 3.63) is 0 Å². The van der Waals surface area contributed by atoms with E-state index in [2.05, 4.69) is 8.83 Å². The van der Waals surface area contributed by atoms with Gasteiger partial charge in [-0.05, 0) is 0 Å². The molecule has 1 unspecified atom stereocenters. The van der Waals surface area contributed by atoms with Crippen LogP contribution in [0.2, 0.25) is 0 Å². The van der Waals surface area contributed by atoms with Gasteiger partial charge in [0.15, 0.2) is 0 Å². The van der Waals surface area contributed by atoms with E-state index in [0.717, 1.165) is 0 Å². The molecule has 118 valence electrons. The first-order valence-electron chi connectivity index (χ1n) is 4.85. The number of carbonyl (C=O) groups is 1. The summed E-state index contributed by atoms with van der Waals surface area (Å²) in [7, 11) is -10.3. The van der Waals surface area contributed by atoms with Gasteiger partial charge in [-0.25, -0.2) is 0 Å². The summed E-state index contributed by atoms with van der Waals surface area (Å²) < 4.78 is 20.4. The molecule has 0 aromatic heterocycles. The van der Waals surface area contributed by atoms with E-state index in [1.165, 1.54) is 0 Å². The van der Waals surface area contributed by atoms with Crippen molar-refractivity contribution >= 4 is 22.3 Å². The van der Waals surface area contributed by atoms with Gasteiger partial charge in [0.2, 0.25) is 0 Å². The van der Waals surface area contributed by atoms with Crippen molar-refractivity contribution in [1.29, 1.82) is 0 Å². The summed E-state index contributed by atoms with van der Waals surface area (Å²) in [6.45, 7) is -2.15. The molecule has 0 rings (SSSR count). The van der Waals surface area contributed by atoms with E-state index < -0.39 is 54.0 Å². The molecule has 0 heterocycles. The average Bonchev–Trinajstić information content (AvgIpc) is 2.11. The Balaban J connectivity index is 4.30. The molecule has 7 N–H and O–H groups in total. The van der Waals surface area contributed by atoms with E-state index in [-0.39, 0.29) is 0 Å². The van der Waals surface area contributed by atoms with Crippen molar-refractivity contribution in [2.75, 3.05) is 13.3 Å². The Kier molecular flexibility index (Phi) is 7.07. The first kappa shape index (κ1) is 18.9. The Morgan fingerprint density at radius 1 is 1.21 bits per heavy atom. The first-order valence-corrected chi connectivity index (χ1v) is 8.31. The molecular weight excluding hydrogens is 313 g/mol. The molecule has 0 aromatic rings. The number of aliphatic hydroxyl groups is 1. The fourth-order valence-electron chi connectivity index (χ4n) is 1.07. The van der Waals surface area contributed by atoms with Crippen LogP contribution in [0.5, 0.6) is 0 Å². The zero-order chi connectivity index (χ0) is 15.3. The normalized spacial score (nSPS) is 17.8. The van der Waals surface area contributed by atoms with Crippen LogP contribution in [0.1, 0.15) is 12.8 Å². The molecule has 0 amide bonds. The van der Waals surface area contributed by atoms with E-state index in [1.54, 1.807) is 0 Å². The predicted octanol–water partition coefficient (Wildman–Crippen LogP) is -1.63. The summed E-state index contributed by atoms with van der Waals surface area (Å²) in [6.07, 6.45) is -1.55. The standard InChI is InChI=1S/C6H17FO10P2/c7-4-6(10,3-5(8)9)1-2-16-19(14,15)17-18(11,12)13/h10-15,18-19H,1-4H2,(H,8,9). The van der Waals surface area contributed by atoms with Crippen LogP contribution in [-0.2, 0) is 13.6 Å². The summed E-state index contributed by atoms with van der Waals surface area (Å²) in [5.74, 6) is -1.47. The molecule has 0 aromatic carbocycles. The molecule has 19 heavy (non-hydrogen) atoms. The van der Waals surface area contributed by atoms with E-state index in [9.17, 15) is 14.3 Å². The van der Waals surface area contributed by atoms with Crippen LogP contribution >= 0.6 is 16.3 Å². The Morgan fingerprint density at radius 2 is 1.74 bits per heavy atom. The second-order valence-electron chi connectivity index (χ2n) is 3.75. The molecular formula is C6H17FO10P2. The van der Waals surface area contributed by atoms with Gasteiger partial charge in [0.1, 0.15) is 0 Å². The summed E-state index contributed by atoms with van der Waals surface area (Å²) in [5, 5.41) is 17.9. The number of aliphatic carboxylic acids is 1. The monoisotopic (exact) mass is 330 g/mol. The molecule has 10 nitrogen and oxygen atoms in total. The number of hydrogen-bond donors (Lipinski definition) is 7. The molecule has 13 heteroatoms. The average molecular weight is 330 g/mol. The number of rotatable bonds is 9. The van der Waals surface area contributed by atoms with Crippen molar-refractivity contribution in [2.24, 2.45) is 0 Å². The van der Waals surface area contributed by atoms with Crippen molar-refractivity contribution in [3.63, 3.8) is 0 Å². The third-order valence-corrected chi connectivity index (χ3v) is 4.60. The molecule has 0 saturated carbocycles. The van der Waals surface area contributed by atoms with E-state index in [0.29, 0.717) is 0 Å². The van der Waals surface area contributed by atoms with Gasteiger partial charge in [0.05, 0.1) is 0 Å². The maximum absolute atomic E-state index is 12.5. The molecule has 0 fully saturated rings. The van der Waals surface area contributed by atoms with Crippen molar-refractivity contribution < 1.29 is 52.7 Å². The van der Waals surface area contributed by atoms with Crippen LogP contribution in [0.3, 0.4) is 0 Å². The second-order valence-corrected chi connectivity index (χ2v) is 7.10. The number of halogens is 1. The first-order chi connectivity index (χ1) is 8.39. The van der Waals surface area contributed by atoms with E-state index in [1.807, 2.05) is 0 Å². The predicted molar refractivity (Wildman–Crippen MR) is 62.6 cm³/mol. The zero-order valence-electron chi connectivity index (χ0n) is 9.56. The minimum atomic E-state index is -5.22. The molecule has 0 aliphatic heterocycles. The topological polar surface area (TPSA) is 177 Å². The zero-order valence-corrected chi connectivity index (χ0v) is 11.6. The van der Waals surface area contributed by atoms with Crippen molar-refractivity contribution in [1.82, 2.24) is 0 Å². The molecule has 0 aliphatic rings. The quantitative estimate of drug-likeness (QED) is 0.243. The Labute approximate surface area is 108 Å². The van der Waals surface area contributed by atoms with Crippen LogP contribution < -0.4 is 0 Å². The van der Waals surface area contributed by atoms with Gasteiger partial charge >= 0.3 is 107 Å². The maximum atomic E-state index is 12.5. The third-order valence-electron chi connectivity index (χ3n) is 1.86. The van der Waals surface area contributed by atoms with Gasteiger partial charge in [-0.3, -0.25) is 0 Å². The van der Waals surface area contributed by atoms with E-state index in [4.69, 9.17) is 29.6 Å². The molecule has 0 bridgehead atoms. The molecule has 0 spiro atoms. The van der Waals surface area contributed by atoms with Crippen molar-refractivity contribution in [2.45, 2.75) is 18.4 Å². The van der Waals surface area contributed by atoms with Crippen molar-refractivity contribution in [3.8, 4) is 0 Å². The van der Waals surface area contributed by atoms with Gasteiger partial charge in [0.25, 0.3) is 0 Å². The summed E-state index contributed by atoms with van der Waals surface area (Å²) in [6, 6.07) is 0. The van der Waals surface area contributed by atoms with Gasteiger partial charge in [0, 0.05) is 0 Å². The van der Waals surface area contributed by atoms with Crippen LogP contribution in [0.15, 0.2) is 0 Å². The van der Waals surface area contributed by atoms with E-state index >= 15 is 0 Å². The van der Waals surface area contributed by atoms with Crippen LogP contribution in [0.25, 0.3) is 0 Å². The van der Waals surface area contributed by atoms with Gasteiger partial charge in [-0.15, -0.1) is 0 Å². The molecule has 0 saturated heterocycles. The van der Waals surface area contributed by atoms with Crippen LogP contribution in [0, 0.1) is 0 Å². The molecule has 0 radical (unpaired) electrons. The second kappa shape index (κ2) is 7.09. The fraction of sp³-hybridized carbons (Fsp3) is 0.833. The summed E-state index contributed by atoms with van der Waals surface area (Å²) >= 11 is 0. The molecule has 0 aliphatic carbocycles. The minimum absolute atomic E-state index is 0.619. The SMILES string of the molecule is O=C(O)CC(O)(CF)CCO[PH](O)(O)O[PH](O)(O)O. The summed E-state index contributed by atoms with van der Waals surface area (Å²) in [5.41, 5.74) is -2.26. The van der Waals surface area contributed by atoms with Gasteiger partial charge < -0.3 is 0 Å². The van der Waals surface area contributed by atoms with Crippen LogP contribution in [0.4, 0.5) is 4.39 Å². The fourth-order valence-corrected chi connectivity index (χ4v) is 3.10. The summed E-state index contributed by atoms with van der Waals surface area (Å²) in [4.78, 5) is 53.7. The number of alkyl halides is 1. The Hall–Kier alpha value is -0.0600.